The first-order valence-corrected chi connectivity index (χ1v) is 5.68. The van der Waals surface area contributed by atoms with Gasteiger partial charge in [0.25, 0.3) is 0 Å². The summed E-state index contributed by atoms with van der Waals surface area (Å²) in [6.45, 7) is 5.45. The molecule has 0 spiro atoms. The van der Waals surface area contributed by atoms with Crippen LogP contribution in [-0.2, 0) is 14.2 Å². The van der Waals surface area contributed by atoms with Crippen LogP contribution in [0.4, 0.5) is 0 Å². The molecule has 3 nitrogen and oxygen atoms in total. The summed E-state index contributed by atoms with van der Waals surface area (Å²) < 4.78 is 16.7. The van der Waals surface area contributed by atoms with Gasteiger partial charge in [-0.15, -0.1) is 0 Å². The molecule has 2 aliphatic heterocycles. The van der Waals surface area contributed by atoms with E-state index in [-0.39, 0.29) is 6.29 Å². The third kappa shape index (κ3) is 2.27. The predicted molar refractivity (Wildman–Crippen MR) is 53.0 cm³/mol. The largest absolute Gasteiger partial charge is 0.375 e. The minimum Gasteiger partial charge on any atom is -0.375 e. The second-order valence-electron chi connectivity index (χ2n) is 4.23. The normalized spacial score (nSPS) is 37.7. The summed E-state index contributed by atoms with van der Waals surface area (Å²) in [4.78, 5) is 0. The lowest BCUT2D eigenvalue weighted by molar-refractivity contribution is -0.138. The van der Waals surface area contributed by atoms with Crippen molar-refractivity contribution in [2.75, 3.05) is 13.2 Å². The number of fused-ring (bicyclic) bond motifs is 2. The molecule has 4 atom stereocenters. The van der Waals surface area contributed by atoms with E-state index in [9.17, 15) is 0 Å². The van der Waals surface area contributed by atoms with E-state index in [2.05, 4.69) is 0 Å². The standard InChI is InChI=1S/C11H20O3/c1-3-12-8(2)13-7-9-6-10-4-5-11(9)14-10/h8-11H,3-7H2,1-2H3. The Balaban J connectivity index is 1.66. The fourth-order valence-electron chi connectivity index (χ4n) is 2.46. The maximum atomic E-state index is 5.76. The zero-order chi connectivity index (χ0) is 9.97. The van der Waals surface area contributed by atoms with Gasteiger partial charge in [-0.3, -0.25) is 0 Å². The molecule has 14 heavy (non-hydrogen) atoms. The smallest absolute Gasteiger partial charge is 0.154 e. The molecule has 2 bridgehead atoms. The number of rotatable bonds is 5. The molecule has 0 amide bonds. The Hall–Kier alpha value is -0.120. The topological polar surface area (TPSA) is 27.7 Å². The van der Waals surface area contributed by atoms with Gasteiger partial charge in [0, 0.05) is 12.5 Å². The molecule has 4 unspecified atom stereocenters. The number of ether oxygens (including phenoxy) is 3. The zero-order valence-corrected chi connectivity index (χ0v) is 9.07. The second kappa shape index (κ2) is 4.60. The fraction of sp³-hybridized carbons (Fsp3) is 1.00. The summed E-state index contributed by atoms with van der Waals surface area (Å²) in [5.74, 6) is 0.608. The van der Waals surface area contributed by atoms with Crippen molar-refractivity contribution in [3.8, 4) is 0 Å². The van der Waals surface area contributed by atoms with Crippen molar-refractivity contribution in [2.24, 2.45) is 5.92 Å². The first-order valence-electron chi connectivity index (χ1n) is 5.68. The van der Waals surface area contributed by atoms with E-state index in [0.717, 1.165) is 6.61 Å². The molecule has 0 radical (unpaired) electrons. The van der Waals surface area contributed by atoms with Crippen molar-refractivity contribution in [3.63, 3.8) is 0 Å². The first-order chi connectivity index (χ1) is 6.79. The maximum absolute atomic E-state index is 5.76. The van der Waals surface area contributed by atoms with Crippen LogP contribution in [0.2, 0.25) is 0 Å². The molecule has 0 saturated carbocycles. The Bertz CT molecular complexity index is 183. The highest BCUT2D eigenvalue weighted by atomic mass is 16.7. The highest BCUT2D eigenvalue weighted by Crippen LogP contribution is 2.38. The molecule has 2 rings (SSSR count). The van der Waals surface area contributed by atoms with Crippen LogP contribution in [0.3, 0.4) is 0 Å². The van der Waals surface area contributed by atoms with Gasteiger partial charge in [0.1, 0.15) is 0 Å². The SMILES string of the molecule is CCOC(C)OCC1CC2CCC1O2. The third-order valence-electron chi connectivity index (χ3n) is 3.18. The van der Waals surface area contributed by atoms with Crippen molar-refractivity contribution >= 4 is 0 Å². The van der Waals surface area contributed by atoms with E-state index >= 15 is 0 Å². The Morgan fingerprint density at radius 1 is 1.36 bits per heavy atom. The number of hydrogen-bond acceptors (Lipinski definition) is 3. The summed E-state index contributed by atoms with van der Waals surface area (Å²) in [7, 11) is 0. The van der Waals surface area contributed by atoms with E-state index in [1.807, 2.05) is 13.8 Å². The van der Waals surface area contributed by atoms with Gasteiger partial charge in [-0.05, 0) is 33.1 Å². The highest BCUT2D eigenvalue weighted by molar-refractivity contribution is 4.89. The molecule has 2 heterocycles. The van der Waals surface area contributed by atoms with Crippen LogP contribution < -0.4 is 0 Å². The zero-order valence-electron chi connectivity index (χ0n) is 9.07. The summed E-state index contributed by atoms with van der Waals surface area (Å²) in [6, 6.07) is 0. The molecular weight excluding hydrogens is 180 g/mol. The Morgan fingerprint density at radius 3 is 2.79 bits per heavy atom. The first kappa shape index (κ1) is 10.4. The summed E-state index contributed by atoms with van der Waals surface area (Å²) >= 11 is 0. The minimum absolute atomic E-state index is 0.0703. The monoisotopic (exact) mass is 200 g/mol. The molecular formula is C11H20O3. The van der Waals surface area contributed by atoms with Gasteiger partial charge in [0.2, 0.25) is 0 Å². The second-order valence-corrected chi connectivity index (χ2v) is 4.23. The van der Waals surface area contributed by atoms with Crippen LogP contribution >= 0.6 is 0 Å². The van der Waals surface area contributed by atoms with Gasteiger partial charge in [0.05, 0.1) is 18.8 Å². The lowest BCUT2D eigenvalue weighted by Gasteiger charge is -2.21. The van der Waals surface area contributed by atoms with Gasteiger partial charge in [-0.1, -0.05) is 0 Å². The average molecular weight is 200 g/mol. The van der Waals surface area contributed by atoms with Gasteiger partial charge in [-0.2, -0.15) is 0 Å². The quantitative estimate of drug-likeness (QED) is 0.635. The van der Waals surface area contributed by atoms with E-state index in [0.29, 0.717) is 24.7 Å². The Kier molecular flexibility index (Phi) is 3.42. The van der Waals surface area contributed by atoms with E-state index < -0.39 is 0 Å². The molecule has 2 saturated heterocycles. The summed E-state index contributed by atoms with van der Waals surface area (Å²) in [5.41, 5.74) is 0. The van der Waals surface area contributed by atoms with E-state index in [1.165, 1.54) is 19.3 Å². The third-order valence-corrected chi connectivity index (χ3v) is 3.18. The highest BCUT2D eigenvalue weighted by Gasteiger charge is 2.40. The van der Waals surface area contributed by atoms with Crippen LogP contribution in [0, 0.1) is 5.92 Å². The van der Waals surface area contributed by atoms with E-state index in [4.69, 9.17) is 14.2 Å². The minimum atomic E-state index is -0.0703. The van der Waals surface area contributed by atoms with Gasteiger partial charge >= 0.3 is 0 Å². The van der Waals surface area contributed by atoms with Crippen LogP contribution in [0.15, 0.2) is 0 Å². The molecule has 3 heteroatoms. The lowest BCUT2D eigenvalue weighted by Crippen LogP contribution is -2.25. The van der Waals surface area contributed by atoms with Crippen molar-refractivity contribution in [2.45, 2.75) is 51.6 Å². The van der Waals surface area contributed by atoms with Crippen molar-refractivity contribution in [1.82, 2.24) is 0 Å². The molecule has 0 aromatic carbocycles. The van der Waals surface area contributed by atoms with Gasteiger partial charge in [0.15, 0.2) is 6.29 Å². The van der Waals surface area contributed by atoms with Crippen molar-refractivity contribution in [3.05, 3.63) is 0 Å². The predicted octanol–water partition coefficient (Wildman–Crippen LogP) is 1.95. The number of hydrogen-bond donors (Lipinski definition) is 0. The molecule has 0 aromatic rings. The summed E-state index contributed by atoms with van der Waals surface area (Å²) in [5, 5.41) is 0. The lowest BCUT2D eigenvalue weighted by atomic mass is 9.90. The van der Waals surface area contributed by atoms with Crippen molar-refractivity contribution in [1.29, 1.82) is 0 Å². The molecule has 0 N–H and O–H groups in total. The van der Waals surface area contributed by atoms with Crippen LogP contribution in [0.5, 0.6) is 0 Å². The van der Waals surface area contributed by atoms with Gasteiger partial charge in [-0.25, -0.2) is 0 Å². The Labute approximate surface area is 85.7 Å². The van der Waals surface area contributed by atoms with Crippen molar-refractivity contribution < 1.29 is 14.2 Å². The van der Waals surface area contributed by atoms with Crippen LogP contribution in [0.25, 0.3) is 0 Å². The fourth-order valence-corrected chi connectivity index (χ4v) is 2.46. The Morgan fingerprint density at radius 2 is 2.21 bits per heavy atom. The van der Waals surface area contributed by atoms with E-state index in [1.54, 1.807) is 0 Å². The molecule has 2 fully saturated rings. The summed E-state index contributed by atoms with van der Waals surface area (Å²) in [6.07, 6.45) is 4.58. The van der Waals surface area contributed by atoms with Crippen LogP contribution in [-0.4, -0.2) is 31.7 Å². The molecule has 2 aliphatic rings. The van der Waals surface area contributed by atoms with Gasteiger partial charge < -0.3 is 14.2 Å². The molecule has 0 aromatic heterocycles. The van der Waals surface area contributed by atoms with Crippen LogP contribution in [0.1, 0.15) is 33.1 Å². The molecule has 0 aliphatic carbocycles. The molecule has 82 valence electrons. The average Bonchev–Trinajstić information content (AvgIpc) is 2.76. The maximum Gasteiger partial charge on any atom is 0.154 e.